The highest BCUT2D eigenvalue weighted by Crippen LogP contribution is 2.41. The smallest absolute Gasteiger partial charge is 0.256 e. The van der Waals surface area contributed by atoms with E-state index in [1.807, 2.05) is 39.0 Å². The molecule has 2 aromatic heterocycles. The van der Waals surface area contributed by atoms with E-state index >= 15 is 0 Å². The van der Waals surface area contributed by atoms with Crippen LogP contribution in [0.4, 0.5) is 5.69 Å². The van der Waals surface area contributed by atoms with Crippen LogP contribution in [0.1, 0.15) is 64.1 Å². The van der Waals surface area contributed by atoms with Crippen LogP contribution in [0.15, 0.2) is 24.3 Å². The summed E-state index contributed by atoms with van der Waals surface area (Å²) in [5.74, 6) is 0.400. The molecule has 1 saturated heterocycles. The molecule has 1 saturated carbocycles. The minimum Gasteiger partial charge on any atom is -0.322 e. The number of pyridine rings is 1. The molecule has 7 nitrogen and oxygen atoms in total. The highest BCUT2D eigenvalue weighted by Gasteiger charge is 2.34. The molecule has 0 bridgehead atoms. The summed E-state index contributed by atoms with van der Waals surface area (Å²) in [4.78, 5) is 18.2. The summed E-state index contributed by atoms with van der Waals surface area (Å²) in [5.41, 5.74) is 5.68. The predicted molar refractivity (Wildman–Crippen MR) is 120 cm³/mol. The Balaban J connectivity index is 1.61. The first-order valence-electron chi connectivity index (χ1n) is 10.7. The van der Waals surface area contributed by atoms with Crippen LogP contribution in [0.2, 0.25) is 0 Å². The van der Waals surface area contributed by atoms with Crippen molar-refractivity contribution in [1.82, 2.24) is 14.8 Å². The molecule has 31 heavy (non-hydrogen) atoms. The molecular weight excluding hydrogens is 412 g/mol. The van der Waals surface area contributed by atoms with Gasteiger partial charge in [0.2, 0.25) is 0 Å². The van der Waals surface area contributed by atoms with E-state index in [9.17, 15) is 13.2 Å². The largest absolute Gasteiger partial charge is 0.322 e. The second-order valence-corrected chi connectivity index (χ2v) is 11.2. The maximum Gasteiger partial charge on any atom is 0.256 e. The number of rotatable bonds is 4. The SMILES string of the molecule is Cc1cc(C)cc(NC(=O)c2cc(C3CC3)nc3c2c(C)nn3C2CCS(=O)(=O)C2)c1. The van der Waals surface area contributed by atoms with Gasteiger partial charge < -0.3 is 5.32 Å². The Kier molecular flexibility index (Phi) is 4.66. The Bertz CT molecular complexity index is 1300. The summed E-state index contributed by atoms with van der Waals surface area (Å²) in [6.07, 6.45) is 2.64. The maximum atomic E-state index is 13.4. The molecule has 162 valence electrons. The van der Waals surface area contributed by atoms with Crippen LogP contribution in [0, 0.1) is 20.8 Å². The van der Waals surface area contributed by atoms with E-state index in [1.54, 1.807) is 4.68 Å². The van der Waals surface area contributed by atoms with Gasteiger partial charge in [-0.3, -0.25) is 4.79 Å². The zero-order valence-corrected chi connectivity index (χ0v) is 18.8. The van der Waals surface area contributed by atoms with Gasteiger partial charge >= 0.3 is 0 Å². The van der Waals surface area contributed by atoms with E-state index in [2.05, 4.69) is 16.5 Å². The van der Waals surface area contributed by atoms with E-state index in [-0.39, 0.29) is 23.5 Å². The topological polar surface area (TPSA) is 93.9 Å². The fourth-order valence-electron chi connectivity index (χ4n) is 4.57. The first-order chi connectivity index (χ1) is 14.7. The number of fused-ring (bicyclic) bond motifs is 1. The molecule has 1 amide bonds. The van der Waals surface area contributed by atoms with E-state index in [4.69, 9.17) is 4.98 Å². The third-order valence-electron chi connectivity index (χ3n) is 6.13. The van der Waals surface area contributed by atoms with Gasteiger partial charge in [-0.1, -0.05) is 6.07 Å². The summed E-state index contributed by atoms with van der Waals surface area (Å²) in [6.45, 7) is 5.86. The summed E-state index contributed by atoms with van der Waals surface area (Å²) < 4.78 is 25.8. The van der Waals surface area contributed by atoms with Crippen LogP contribution in [-0.4, -0.2) is 40.6 Å². The number of aryl methyl sites for hydroxylation is 3. The lowest BCUT2D eigenvalue weighted by atomic mass is 10.1. The Morgan fingerprint density at radius 2 is 1.77 bits per heavy atom. The molecule has 8 heteroatoms. The zero-order valence-electron chi connectivity index (χ0n) is 18.0. The second-order valence-electron chi connectivity index (χ2n) is 8.98. The van der Waals surface area contributed by atoms with Crippen LogP contribution < -0.4 is 5.32 Å². The maximum absolute atomic E-state index is 13.4. The molecule has 2 aliphatic rings. The van der Waals surface area contributed by atoms with Crippen LogP contribution in [0.3, 0.4) is 0 Å². The molecule has 1 N–H and O–H groups in total. The molecule has 1 aliphatic heterocycles. The van der Waals surface area contributed by atoms with Gasteiger partial charge in [0, 0.05) is 17.3 Å². The van der Waals surface area contributed by atoms with Crippen molar-refractivity contribution in [3.63, 3.8) is 0 Å². The van der Waals surface area contributed by atoms with Gasteiger partial charge in [0.1, 0.15) is 0 Å². The monoisotopic (exact) mass is 438 g/mol. The van der Waals surface area contributed by atoms with E-state index < -0.39 is 9.84 Å². The molecule has 1 aliphatic carbocycles. The molecule has 0 radical (unpaired) electrons. The van der Waals surface area contributed by atoms with Crippen LogP contribution in [-0.2, 0) is 9.84 Å². The Hall–Kier alpha value is -2.74. The molecule has 1 unspecified atom stereocenters. The molecular formula is C23H26N4O3S. The second kappa shape index (κ2) is 7.15. The van der Waals surface area contributed by atoms with Gasteiger partial charge in [0.15, 0.2) is 15.5 Å². The van der Waals surface area contributed by atoms with Gasteiger partial charge in [-0.05, 0) is 69.4 Å². The average molecular weight is 439 g/mol. The van der Waals surface area contributed by atoms with Gasteiger partial charge in [0.05, 0.1) is 34.2 Å². The van der Waals surface area contributed by atoms with E-state index in [1.165, 1.54) is 0 Å². The number of sulfone groups is 1. The van der Waals surface area contributed by atoms with E-state index in [0.29, 0.717) is 34.6 Å². The minimum absolute atomic E-state index is 0.0721. The fraction of sp³-hybridized carbons (Fsp3) is 0.435. The van der Waals surface area contributed by atoms with Crippen LogP contribution >= 0.6 is 0 Å². The first kappa shape index (κ1) is 20.2. The molecule has 0 spiro atoms. The number of anilines is 1. The van der Waals surface area contributed by atoms with Crippen LogP contribution in [0.25, 0.3) is 11.0 Å². The van der Waals surface area contributed by atoms with E-state index in [0.717, 1.165) is 35.3 Å². The van der Waals surface area contributed by atoms with Gasteiger partial charge in [-0.15, -0.1) is 0 Å². The van der Waals surface area contributed by atoms with Crippen molar-refractivity contribution >= 4 is 32.5 Å². The number of benzene rings is 1. The number of carbonyl (C=O) groups is 1. The third-order valence-corrected chi connectivity index (χ3v) is 7.88. The van der Waals surface area contributed by atoms with Gasteiger partial charge in [-0.2, -0.15) is 5.10 Å². The highest BCUT2D eigenvalue weighted by molar-refractivity contribution is 7.91. The van der Waals surface area contributed by atoms with Crippen molar-refractivity contribution in [3.8, 4) is 0 Å². The number of aromatic nitrogens is 3. The number of hydrogen-bond acceptors (Lipinski definition) is 5. The quantitative estimate of drug-likeness (QED) is 0.668. The van der Waals surface area contributed by atoms with Crippen molar-refractivity contribution in [3.05, 3.63) is 52.3 Å². The van der Waals surface area contributed by atoms with Crippen molar-refractivity contribution in [2.45, 2.75) is 52.0 Å². The summed E-state index contributed by atoms with van der Waals surface area (Å²) >= 11 is 0. The predicted octanol–water partition coefficient (Wildman–Crippen LogP) is 3.85. The number of nitrogens with one attached hydrogen (secondary N) is 1. The normalized spacial score (nSPS) is 20.3. The Labute approximate surface area is 181 Å². The molecule has 5 rings (SSSR count). The lowest BCUT2D eigenvalue weighted by Crippen LogP contribution is -2.15. The average Bonchev–Trinajstić information content (AvgIpc) is 3.40. The first-order valence-corrected chi connectivity index (χ1v) is 12.5. The lowest BCUT2D eigenvalue weighted by Gasteiger charge is -2.12. The number of amides is 1. The molecule has 3 heterocycles. The molecule has 1 atom stereocenters. The minimum atomic E-state index is -3.06. The Morgan fingerprint density at radius 3 is 2.39 bits per heavy atom. The molecule has 2 fully saturated rings. The summed E-state index contributed by atoms with van der Waals surface area (Å²) in [7, 11) is -3.06. The third kappa shape index (κ3) is 3.84. The van der Waals surface area contributed by atoms with Crippen LogP contribution in [0.5, 0.6) is 0 Å². The fourth-order valence-corrected chi connectivity index (χ4v) is 6.26. The van der Waals surface area contributed by atoms with Gasteiger partial charge in [-0.25, -0.2) is 18.1 Å². The Morgan fingerprint density at radius 1 is 1.06 bits per heavy atom. The molecule has 3 aromatic rings. The van der Waals surface area contributed by atoms with Crippen molar-refractivity contribution in [2.75, 3.05) is 16.8 Å². The summed E-state index contributed by atoms with van der Waals surface area (Å²) in [6, 6.07) is 7.62. The van der Waals surface area contributed by atoms with Crippen molar-refractivity contribution in [2.24, 2.45) is 0 Å². The number of hydrogen-bond donors (Lipinski definition) is 1. The molecule has 1 aromatic carbocycles. The zero-order chi connectivity index (χ0) is 21.9. The van der Waals surface area contributed by atoms with Crippen molar-refractivity contribution < 1.29 is 13.2 Å². The lowest BCUT2D eigenvalue weighted by molar-refractivity contribution is 0.102. The van der Waals surface area contributed by atoms with Gasteiger partial charge in [0.25, 0.3) is 5.91 Å². The van der Waals surface area contributed by atoms with Crippen molar-refractivity contribution in [1.29, 1.82) is 0 Å². The number of nitrogens with zero attached hydrogens (tertiary/aromatic N) is 3. The highest BCUT2D eigenvalue weighted by atomic mass is 32.2. The number of carbonyl (C=O) groups excluding carboxylic acids is 1. The standard InChI is InChI=1S/C23H26N4O3S/c1-13-8-14(2)10-17(9-13)24-23(28)19-11-20(16-4-5-16)25-22-21(19)15(3)26-27(22)18-6-7-31(29,30)12-18/h8-11,16,18H,4-7,12H2,1-3H3,(H,24,28). The summed E-state index contributed by atoms with van der Waals surface area (Å²) in [5, 5.41) is 8.39.